The van der Waals surface area contributed by atoms with Gasteiger partial charge in [0.05, 0.1) is 17.5 Å². The molecular formula is C11H7ClINO2. The van der Waals surface area contributed by atoms with Crippen LogP contribution in [0.5, 0.6) is 0 Å². The number of hydrogen-bond acceptors (Lipinski definition) is 2. The van der Waals surface area contributed by atoms with Crippen LogP contribution >= 0.6 is 34.2 Å². The molecule has 0 N–H and O–H groups in total. The third-order valence-electron chi connectivity index (χ3n) is 3.02. The topological polar surface area (TPSA) is 37.4 Å². The number of carbonyl (C=O) groups excluding carboxylic acids is 2. The fourth-order valence-corrected chi connectivity index (χ4v) is 3.19. The summed E-state index contributed by atoms with van der Waals surface area (Å²) in [7, 11) is 0. The van der Waals surface area contributed by atoms with Gasteiger partial charge < -0.3 is 0 Å². The Labute approximate surface area is 111 Å². The van der Waals surface area contributed by atoms with Crippen LogP contribution in [0.2, 0.25) is 5.02 Å². The van der Waals surface area contributed by atoms with E-state index in [1.54, 1.807) is 18.2 Å². The number of rotatable bonds is 1. The van der Waals surface area contributed by atoms with E-state index in [2.05, 4.69) is 22.6 Å². The quantitative estimate of drug-likeness (QED) is 0.578. The molecule has 1 aliphatic heterocycles. The van der Waals surface area contributed by atoms with Gasteiger partial charge in [-0.25, -0.2) is 4.90 Å². The summed E-state index contributed by atoms with van der Waals surface area (Å²) in [4.78, 5) is 25.0. The summed E-state index contributed by atoms with van der Waals surface area (Å²) in [6.45, 7) is 0. The maximum Gasteiger partial charge on any atom is 0.237 e. The zero-order chi connectivity index (χ0) is 11.4. The minimum atomic E-state index is -0.0600. The number of piperidine rings is 1. The highest BCUT2D eigenvalue weighted by atomic mass is 127. The van der Waals surface area contributed by atoms with Gasteiger partial charge in [0.2, 0.25) is 11.8 Å². The van der Waals surface area contributed by atoms with E-state index >= 15 is 0 Å². The van der Waals surface area contributed by atoms with Crippen molar-refractivity contribution in [1.82, 2.24) is 0 Å². The van der Waals surface area contributed by atoms with E-state index in [1.165, 1.54) is 4.90 Å². The van der Waals surface area contributed by atoms with Gasteiger partial charge in [0.15, 0.2) is 0 Å². The van der Waals surface area contributed by atoms with Crippen molar-refractivity contribution in [3.05, 3.63) is 26.8 Å². The molecule has 3 rings (SSSR count). The number of carbonyl (C=O) groups is 2. The molecule has 1 saturated carbocycles. The van der Waals surface area contributed by atoms with Crippen LogP contribution in [0.1, 0.15) is 6.42 Å². The predicted octanol–water partition coefficient (Wildman–Crippen LogP) is 2.45. The maximum absolute atomic E-state index is 11.9. The van der Waals surface area contributed by atoms with Crippen molar-refractivity contribution in [2.75, 3.05) is 4.90 Å². The molecular weight excluding hydrogens is 340 g/mol. The number of imide groups is 1. The molecule has 2 fully saturated rings. The maximum atomic E-state index is 11.9. The van der Waals surface area contributed by atoms with Gasteiger partial charge in [0.1, 0.15) is 0 Å². The number of anilines is 1. The summed E-state index contributed by atoms with van der Waals surface area (Å²) in [5.74, 6) is -0.233. The monoisotopic (exact) mass is 347 g/mol. The number of hydrogen-bond donors (Lipinski definition) is 0. The molecule has 1 aromatic carbocycles. The largest absolute Gasteiger partial charge is 0.274 e. The Kier molecular flexibility index (Phi) is 2.26. The third-order valence-corrected chi connectivity index (χ3v) is 4.12. The smallest absolute Gasteiger partial charge is 0.237 e. The van der Waals surface area contributed by atoms with Crippen LogP contribution in [-0.4, -0.2) is 11.8 Å². The van der Waals surface area contributed by atoms with E-state index in [0.29, 0.717) is 10.7 Å². The molecule has 1 aromatic rings. The first-order chi connectivity index (χ1) is 7.59. The molecule has 16 heavy (non-hydrogen) atoms. The number of benzene rings is 1. The highest BCUT2D eigenvalue weighted by molar-refractivity contribution is 14.1. The lowest BCUT2D eigenvalue weighted by Gasteiger charge is -2.18. The van der Waals surface area contributed by atoms with Crippen molar-refractivity contribution in [3.63, 3.8) is 0 Å². The van der Waals surface area contributed by atoms with Gasteiger partial charge in [-0.1, -0.05) is 11.6 Å². The Bertz CT molecular complexity index is 497. The standard InChI is InChI=1S/C11H7ClINO2/c12-5-1-2-9(8(13)3-5)14-10(15)6-4-7(6)11(14)16/h1-3,6-7H,4H2. The Morgan fingerprint density at radius 1 is 1.25 bits per heavy atom. The first-order valence-corrected chi connectivity index (χ1v) is 6.38. The molecule has 1 aliphatic carbocycles. The SMILES string of the molecule is O=C1C2CC2C(=O)N1c1ccc(Cl)cc1I. The van der Waals surface area contributed by atoms with Crippen molar-refractivity contribution in [1.29, 1.82) is 0 Å². The van der Waals surface area contributed by atoms with Crippen molar-refractivity contribution >= 4 is 51.7 Å². The summed E-state index contributed by atoms with van der Waals surface area (Å²) in [5, 5.41) is 0.609. The normalized spacial score (nSPS) is 27.2. The van der Waals surface area contributed by atoms with E-state index < -0.39 is 0 Å². The number of amides is 2. The van der Waals surface area contributed by atoms with Crippen molar-refractivity contribution < 1.29 is 9.59 Å². The van der Waals surface area contributed by atoms with Crippen LogP contribution in [0.15, 0.2) is 18.2 Å². The minimum Gasteiger partial charge on any atom is -0.274 e. The summed E-state index contributed by atoms with van der Waals surface area (Å²) in [6.07, 6.45) is 0.734. The van der Waals surface area contributed by atoms with E-state index in [4.69, 9.17) is 11.6 Å². The molecule has 3 nitrogen and oxygen atoms in total. The van der Waals surface area contributed by atoms with E-state index in [0.717, 1.165) is 9.99 Å². The average molecular weight is 348 g/mol. The molecule has 0 aromatic heterocycles. The predicted molar refractivity (Wildman–Crippen MR) is 68.3 cm³/mol. The first kappa shape index (κ1) is 10.5. The van der Waals surface area contributed by atoms with Crippen molar-refractivity contribution in [2.24, 2.45) is 11.8 Å². The summed E-state index contributed by atoms with van der Waals surface area (Å²) >= 11 is 7.93. The molecule has 1 saturated heterocycles. The Balaban J connectivity index is 2.04. The van der Waals surface area contributed by atoms with Crippen LogP contribution in [0.25, 0.3) is 0 Å². The van der Waals surface area contributed by atoms with Gasteiger partial charge in [-0.3, -0.25) is 9.59 Å². The van der Waals surface area contributed by atoms with Crippen LogP contribution < -0.4 is 4.90 Å². The molecule has 2 amide bonds. The molecule has 82 valence electrons. The third kappa shape index (κ3) is 1.39. The Morgan fingerprint density at radius 3 is 2.44 bits per heavy atom. The highest BCUT2D eigenvalue weighted by Crippen LogP contribution is 2.49. The highest BCUT2D eigenvalue weighted by Gasteiger charge is 2.59. The van der Waals surface area contributed by atoms with Crippen molar-refractivity contribution in [2.45, 2.75) is 6.42 Å². The summed E-state index contributed by atoms with van der Waals surface area (Å²) in [6, 6.07) is 5.18. The molecule has 0 radical (unpaired) electrons. The van der Waals surface area contributed by atoms with Crippen LogP contribution in [-0.2, 0) is 9.59 Å². The van der Waals surface area contributed by atoms with Gasteiger partial charge in [0, 0.05) is 8.59 Å². The lowest BCUT2D eigenvalue weighted by molar-refractivity contribution is -0.123. The molecule has 5 heteroatoms. The molecule has 2 aliphatic rings. The van der Waals surface area contributed by atoms with Gasteiger partial charge in [-0.05, 0) is 47.2 Å². The average Bonchev–Trinajstić information content (AvgIpc) is 2.96. The first-order valence-electron chi connectivity index (χ1n) is 4.92. The van der Waals surface area contributed by atoms with Crippen LogP contribution in [0, 0.1) is 15.4 Å². The summed E-state index contributed by atoms with van der Waals surface area (Å²) < 4.78 is 0.827. The molecule has 2 unspecified atom stereocenters. The van der Waals surface area contributed by atoms with E-state index in [-0.39, 0.29) is 23.7 Å². The van der Waals surface area contributed by atoms with Gasteiger partial charge >= 0.3 is 0 Å². The molecule has 2 atom stereocenters. The second kappa shape index (κ2) is 3.43. The number of halogens is 2. The second-order valence-electron chi connectivity index (χ2n) is 4.06. The van der Waals surface area contributed by atoms with Gasteiger partial charge in [-0.15, -0.1) is 0 Å². The zero-order valence-electron chi connectivity index (χ0n) is 8.11. The second-order valence-corrected chi connectivity index (χ2v) is 5.65. The Morgan fingerprint density at radius 2 is 1.88 bits per heavy atom. The fraction of sp³-hybridized carbons (Fsp3) is 0.273. The van der Waals surface area contributed by atoms with Crippen molar-refractivity contribution in [3.8, 4) is 0 Å². The molecule has 0 bridgehead atoms. The lowest BCUT2D eigenvalue weighted by atomic mass is 10.2. The molecule has 0 spiro atoms. The van der Waals surface area contributed by atoms with Gasteiger partial charge in [-0.2, -0.15) is 0 Å². The van der Waals surface area contributed by atoms with Gasteiger partial charge in [0.25, 0.3) is 0 Å². The Hall–Kier alpha value is -0.620. The lowest BCUT2D eigenvalue weighted by Crippen LogP contribution is -2.33. The zero-order valence-corrected chi connectivity index (χ0v) is 11.0. The van der Waals surface area contributed by atoms with E-state index in [9.17, 15) is 9.59 Å². The van der Waals surface area contributed by atoms with Crippen LogP contribution in [0.3, 0.4) is 0 Å². The fourth-order valence-electron chi connectivity index (χ4n) is 2.08. The molecule has 1 heterocycles. The number of nitrogens with zero attached hydrogens (tertiary/aromatic N) is 1. The van der Waals surface area contributed by atoms with Crippen LogP contribution in [0.4, 0.5) is 5.69 Å². The van der Waals surface area contributed by atoms with E-state index in [1.807, 2.05) is 0 Å². The number of fused-ring (bicyclic) bond motifs is 1. The summed E-state index contributed by atoms with van der Waals surface area (Å²) in [5.41, 5.74) is 0.659. The minimum absolute atomic E-state index is 0.0565.